The molecule has 0 bridgehead atoms. The van der Waals surface area contributed by atoms with Crippen LogP contribution in [0.1, 0.15) is 10.5 Å². The monoisotopic (exact) mass is 217 g/mol. The number of hydrogen-bond donors (Lipinski definition) is 1. The summed E-state index contributed by atoms with van der Waals surface area (Å²) in [7, 11) is 0. The first-order chi connectivity index (χ1) is 7.66. The normalized spacial score (nSPS) is 10.1. The summed E-state index contributed by atoms with van der Waals surface area (Å²) in [4.78, 5) is 18.6. The lowest BCUT2D eigenvalue weighted by Crippen LogP contribution is -2.13. The van der Waals surface area contributed by atoms with Crippen molar-refractivity contribution in [2.45, 2.75) is 0 Å². The molecule has 0 radical (unpaired) electrons. The molecule has 80 valence electrons. The standard InChI is InChI=1S/C11H8FN3O/c12-8-3-1-7(2-4-8)9-5-15-10(6-14-9)11(13)16/h1-6H,(H2,13,16). The van der Waals surface area contributed by atoms with Gasteiger partial charge in [0.15, 0.2) is 0 Å². The summed E-state index contributed by atoms with van der Waals surface area (Å²) >= 11 is 0. The third-order valence-corrected chi connectivity index (χ3v) is 2.04. The van der Waals surface area contributed by atoms with Crippen molar-refractivity contribution in [3.05, 3.63) is 48.2 Å². The van der Waals surface area contributed by atoms with Crippen LogP contribution in [0.25, 0.3) is 11.3 Å². The summed E-state index contributed by atoms with van der Waals surface area (Å²) in [6.07, 6.45) is 2.72. The van der Waals surface area contributed by atoms with Gasteiger partial charge in [-0.25, -0.2) is 9.37 Å². The zero-order chi connectivity index (χ0) is 11.5. The summed E-state index contributed by atoms with van der Waals surface area (Å²) in [5, 5.41) is 0. The fraction of sp³-hybridized carbons (Fsp3) is 0. The maximum absolute atomic E-state index is 12.7. The maximum atomic E-state index is 12.7. The van der Waals surface area contributed by atoms with Gasteiger partial charge in [-0.15, -0.1) is 0 Å². The Kier molecular flexibility index (Phi) is 2.59. The van der Waals surface area contributed by atoms with Gasteiger partial charge in [0, 0.05) is 5.56 Å². The summed E-state index contributed by atoms with van der Waals surface area (Å²) in [6.45, 7) is 0. The predicted molar refractivity (Wildman–Crippen MR) is 55.9 cm³/mol. The van der Waals surface area contributed by atoms with Crippen molar-refractivity contribution < 1.29 is 9.18 Å². The van der Waals surface area contributed by atoms with Crippen molar-refractivity contribution in [3.63, 3.8) is 0 Å². The Bertz CT molecular complexity index is 508. The minimum absolute atomic E-state index is 0.103. The molecule has 2 rings (SSSR count). The molecule has 1 aromatic carbocycles. The highest BCUT2D eigenvalue weighted by molar-refractivity contribution is 5.90. The number of benzene rings is 1. The van der Waals surface area contributed by atoms with Gasteiger partial charge in [0.2, 0.25) is 0 Å². The van der Waals surface area contributed by atoms with Gasteiger partial charge in [-0.2, -0.15) is 0 Å². The number of hydrogen-bond acceptors (Lipinski definition) is 3. The Labute approximate surface area is 91.0 Å². The van der Waals surface area contributed by atoms with Crippen LogP contribution in [0.15, 0.2) is 36.7 Å². The molecule has 0 aliphatic rings. The Balaban J connectivity index is 2.34. The number of amides is 1. The Morgan fingerprint density at radius 2 is 1.81 bits per heavy atom. The number of halogens is 1. The largest absolute Gasteiger partial charge is 0.364 e. The van der Waals surface area contributed by atoms with Gasteiger partial charge < -0.3 is 5.73 Å². The van der Waals surface area contributed by atoms with E-state index in [2.05, 4.69) is 9.97 Å². The van der Waals surface area contributed by atoms with Gasteiger partial charge in [-0.05, 0) is 24.3 Å². The fourth-order valence-corrected chi connectivity index (χ4v) is 1.22. The van der Waals surface area contributed by atoms with Crippen LogP contribution in [0.5, 0.6) is 0 Å². The Morgan fingerprint density at radius 3 is 2.31 bits per heavy atom. The van der Waals surface area contributed by atoms with Gasteiger partial charge in [0.25, 0.3) is 5.91 Å². The van der Waals surface area contributed by atoms with Gasteiger partial charge in [0.1, 0.15) is 11.5 Å². The van der Waals surface area contributed by atoms with Crippen molar-refractivity contribution in [3.8, 4) is 11.3 Å². The number of nitrogens with zero attached hydrogens (tertiary/aromatic N) is 2. The zero-order valence-electron chi connectivity index (χ0n) is 8.22. The number of aromatic nitrogens is 2. The average Bonchev–Trinajstić information content (AvgIpc) is 2.30. The van der Waals surface area contributed by atoms with Crippen LogP contribution in [-0.2, 0) is 0 Å². The van der Waals surface area contributed by atoms with Gasteiger partial charge in [-0.3, -0.25) is 9.78 Å². The van der Waals surface area contributed by atoms with E-state index in [1.165, 1.54) is 24.5 Å². The quantitative estimate of drug-likeness (QED) is 0.826. The number of primary amides is 1. The van der Waals surface area contributed by atoms with E-state index in [0.717, 1.165) is 5.56 Å². The molecule has 1 aromatic heterocycles. The predicted octanol–water partition coefficient (Wildman–Crippen LogP) is 1.38. The number of nitrogens with two attached hydrogens (primary N) is 1. The molecule has 0 aliphatic heterocycles. The highest BCUT2D eigenvalue weighted by atomic mass is 19.1. The minimum atomic E-state index is -0.627. The van der Waals surface area contributed by atoms with Crippen LogP contribution in [0.2, 0.25) is 0 Å². The highest BCUT2D eigenvalue weighted by Crippen LogP contribution is 2.15. The van der Waals surface area contributed by atoms with E-state index < -0.39 is 5.91 Å². The van der Waals surface area contributed by atoms with Crippen LogP contribution >= 0.6 is 0 Å². The molecule has 0 fully saturated rings. The second-order valence-electron chi connectivity index (χ2n) is 3.16. The molecule has 0 atom stereocenters. The summed E-state index contributed by atoms with van der Waals surface area (Å²) < 4.78 is 12.7. The third kappa shape index (κ3) is 2.03. The molecule has 4 nitrogen and oxygen atoms in total. The molecule has 2 N–H and O–H groups in total. The van der Waals surface area contributed by atoms with E-state index in [1.54, 1.807) is 12.1 Å². The van der Waals surface area contributed by atoms with E-state index in [4.69, 9.17) is 5.73 Å². The third-order valence-electron chi connectivity index (χ3n) is 2.04. The SMILES string of the molecule is NC(=O)c1cnc(-c2ccc(F)cc2)cn1. The molecule has 1 heterocycles. The number of carbonyl (C=O) groups is 1. The average molecular weight is 217 g/mol. The smallest absolute Gasteiger partial charge is 0.268 e. The van der Waals surface area contributed by atoms with E-state index in [1.807, 2.05) is 0 Å². The van der Waals surface area contributed by atoms with Crippen molar-refractivity contribution in [1.82, 2.24) is 9.97 Å². The first-order valence-corrected chi connectivity index (χ1v) is 4.54. The summed E-state index contributed by atoms with van der Waals surface area (Å²) in [5.74, 6) is -0.941. The lowest BCUT2D eigenvalue weighted by Gasteiger charge is -2.00. The van der Waals surface area contributed by atoms with Crippen LogP contribution in [-0.4, -0.2) is 15.9 Å². The summed E-state index contributed by atoms with van der Waals surface area (Å²) in [5.41, 5.74) is 6.42. The summed E-state index contributed by atoms with van der Waals surface area (Å²) in [6, 6.07) is 5.84. The van der Waals surface area contributed by atoms with Crippen LogP contribution in [0, 0.1) is 5.82 Å². The Morgan fingerprint density at radius 1 is 1.12 bits per heavy atom. The van der Waals surface area contributed by atoms with E-state index >= 15 is 0 Å². The molecule has 16 heavy (non-hydrogen) atoms. The molecule has 0 saturated carbocycles. The van der Waals surface area contributed by atoms with E-state index in [0.29, 0.717) is 5.69 Å². The van der Waals surface area contributed by atoms with Gasteiger partial charge >= 0.3 is 0 Å². The lowest BCUT2D eigenvalue weighted by molar-refractivity contribution is 0.0995. The van der Waals surface area contributed by atoms with Crippen molar-refractivity contribution >= 4 is 5.91 Å². The minimum Gasteiger partial charge on any atom is -0.364 e. The maximum Gasteiger partial charge on any atom is 0.268 e. The number of rotatable bonds is 2. The zero-order valence-corrected chi connectivity index (χ0v) is 8.22. The first-order valence-electron chi connectivity index (χ1n) is 4.54. The van der Waals surface area contributed by atoms with E-state index in [-0.39, 0.29) is 11.5 Å². The van der Waals surface area contributed by atoms with Crippen molar-refractivity contribution in [1.29, 1.82) is 0 Å². The van der Waals surface area contributed by atoms with Crippen molar-refractivity contribution in [2.75, 3.05) is 0 Å². The van der Waals surface area contributed by atoms with Crippen LogP contribution in [0.4, 0.5) is 4.39 Å². The molecule has 0 unspecified atom stereocenters. The lowest BCUT2D eigenvalue weighted by atomic mass is 10.1. The van der Waals surface area contributed by atoms with Gasteiger partial charge in [0.05, 0.1) is 18.1 Å². The van der Waals surface area contributed by atoms with Crippen LogP contribution < -0.4 is 5.73 Å². The van der Waals surface area contributed by atoms with Gasteiger partial charge in [-0.1, -0.05) is 0 Å². The molecular weight excluding hydrogens is 209 g/mol. The molecule has 1 amide bonds. The Hall–Kier alpha value is -2.30. The second kappa shape index (κ2) is 4.06. The number of carbonyl (C=O) groups excluding carboxylic acids is 1. The van der Waals surface area contributed by atoms with Crippen molar-refractivity contribution in [2.24, 2.45) is 5.73 Å². The molecule has 0 aliphatic carbocycles. The second-order valence-corrected chi connectivity index (χ2v) is 3.16. The molecule has 5 heteroatoms. The van der Waals surface area contributed by atoms with E-state index in [9.17, 15) is 9.18 Å². The molecule has 0 spiro atoms. The highest BCUT2D eigenvalue weighted by Gasteiger charge is 2.04. The first kappa shape index (κ1) is 10.2. The van der Waals surface area contributed by atoms with Crippen LogP contribution in [0.3, 0.4) is 0 Å². The molecule has 2 aromatic rings. The molecular formula is C11H8FN3O. The molecule has 0 saturated heterocycles. The topological polar surface area (TPSA) is 68.9 Å². The fourth-order valence-electron chi connectivity index (χ4n) is 1.22.